The van der Waals surface area contributed by atoms with E-state index in [1.165, 1.54) is 23.7 Å². The van der Waals surface area contributed by atoms with Crippen LogP contribution in [0.3, 0.4) is 0 Å². The lowest BCUT2D eigenvalue weighted by Crippen LogP contribution is -2.51. The predicted molar refractivity (Wildman–Crippen MR) is 126 cm³/mol. The number of benzene rings is 2. The van der Waals surface area contributed by atoms with Crippen molar-refractivity contribution in [3.05, 3.63) is 53.6 Å². The molecule has 2 fully saturated rings. The average Bonchev–Trinajstić information content (AvgIpc) is 3.17. The Balaban J connectivity index is 1.36. The van der Waals surface area contributed by atoms with Crippen molar-refractivity contribution >= 4 is 34.8 Å². The van der Waals surface area contributed by atoms with E-state index >= 15 is 0 Å². The fraction of sp³-hybridized carbons (Fsp3) is 0.400. The molecule has 2 aromatic rings. The molecule has 0 radical (unpaired) electrons. The van der Waals surface area contributed by atoms with Crippen molar-refractivity contribution in [3.8, 4) is 0 Å². The number of hydrogen-bond acceptors (Lipinski definition) is 4. The number of hydrogen-bond donors (Lipinski definition) is 1. The molecule has 4 rings (SSSR count). The molecule has 2 saturated heterocycles. The summed E-state index contributed by atoms with van der Waals surface area (Å²) in [5.41, 5.74) is 5.23. The fourth-order valence-corrected chi connectivity index (χ4v) is 4.55. The van der Waals surface area contributed by atoms with Gasteiger partial charge in [-0.3, -0.25) is 14.4 Å². The van der Waals surface area contributed by atoms with Gasteiger partial charge in [-0.1, -0.05) is 12.1 Å². The standard InChI is InChI=1S/C25H30N4O3/c1-17-5-4-6-23(18(17)2)27-11-13-28(14-12-27)25(32)20-15-24(31)29(16-20)22-9-7-21(8-10-22)26-19(3)30/h4-10,20H,11-16H2,1-3H3,(H,26,30). The zero-order valence-electron chi connectivity index (χ0n) is 18.9. The first kappa shape index (κ1) is 21.9. The van der Waals surface area contributed by atoms with Gasteiger partial charge in [0.05, 0.1) is 5.92 Å². The maximum atomic E-state index is 13.1. The normalized spacial score (nSPS) is 18.8. The summed E-state index contributed by atoms with van der Waals surface area (Å²) < 4.78 is 0. The molecule has 0 aliphatic carbocycles. The van der Waals surface area contributed by atoms with Gasteiger partial charge in [0.2, 0.25) is 17.7 Å². The molecule has 7 nitrogen and oxygen atoms in total. The van der Waals surface area contributed by atoms with Crippen LogP contribution >= 0.6 is 0 Å². The molecule has 2 aliphatic rings. The van der Waals surface area contributed by atoms with Crippen LogP contribution in [-0.4, -0.2) is 55.3 Å². The highest BCUT2D eigenvalue weighted by Gasteiger charge is 2.38. The Hall–Kier alpha value is -3.35. The fourth-order valence-electron chi connectivity index (χ4n) is 4.55. The van der Waals surface area contributed by atoms with Crippen molar-refractivity contribution in [2.24, 2.45) is 5.92 Å². The Morgan fingerprint density at radius 2 is 1.66 bits per heavy atom. The highest BCUT2D eigenvalue weighted by Crippen LogP contribution is 2.29. The molecule has 32 heavy (non-hydrogen) atoms. The van der Waals surface area contributed by atoms with Gasteiger partial charge < -0.3 is 20.0 Å². The van der Waals surface area contributed by atoms with Crippen LogP contribution in [0.1, 0.15) is 24.5 Å². The van der Waals surface area contributed by atoms with Crippen LogP contribution in [0.5, 0.6) is 0 Å². The molecule has 168 valence electrons. The SMILES string of the molecule is CC(=O)Nc1ccc(N2CC(C(=O)N3CCN(c4cccc(C)c4C)CC3)CC2=O)cc1. The molecule has 1 atom stereocenters. The van der Waals surface area contributed by atoms with E-state index in [0.29, 0.717) is 25.3 Å². The highest BCUT2D eigenvalue weighted by atomic mass is 16.2. The first-order valence-electron chi connectivity index (χ1n) is 11.1. The van der Waals surface area contributed by atoms with Gasteiger partial charge in [0.25, 0.3) is 0 Å². The third kappa shape index (κ3) is 4.47. The van der Waals surface area contributed by atoms with Crippen molar-refractivity contribution in [1.82, 2.24) is 4.90 Å². The predicted octanol–water partition coefficient (Wildman–Crippen LogP) is 2.96. The third-order valence-electron chi connectivity index (χ3n) is 6.48. The number of nitrogens with one attached hydrogen (secondary N) is 1. The maximum Gasteiger partial charge on any atom is 0.228 e. The van der Waals surface area contributed by atoms with Gasteiger partial charge in [0.1, 0.15) is 0 Å². The summed E-state index contributed by atoms with van der Waals surface area (Å²) in [6, 6.07) is 13.5. The number of rotatable bonds is 4. The molecule has 7 heteroatoms. The van der Waals surface area contributed by atoms with Crippen LogP contribution in [0, 0.1) is 19.8 Å². The number of aryl methyl sites for hydroxylation is 1. The van der Waals surface area contributed by atoms with E-state index in [4.69, 9.17) is 0 Å². The molecule has 2 heterocycles. The molecule has 1 unspecified atom stereocenters. The molecular formula is C25H30N4O3. The molecule has 0 bridgehead atoms. The van der Waals surface area contributed by atoms with Gasteiger partial charge in [-0.25, -0.2) is 0 Å². The largest absolute Gasteiger partial charge is 0.368 e. The van der Waals surface area contributed by atoms with Crippen molar-refractivity contribution in [1.29, 1.82) is 0 Å². The summed E-state index contributed by atoms with van der Waals surface area (Å²) in [6.45, 7) is 9.05. The third-order valence-corrected chi connectivity index (χ3v) is 6.48. The smallest absolute Gasteiger partial charge is 0.228 e. The number of piperazine rings is 1. The van der Waals surface area contributed by atoms with Crippen LogP contribution in [-0.2, 0) is 14.4 Å². The Morgan fingerprint density at radius 1 is 0.969 bits per heavy atom. The second-order valence-corrected chi connectivity index (χ2v) is 8.66. The molecule has 3 amide bonds. The lowest BCUT2D eigenvalue weighted by Gasteiger charge is -2.38. The van der Waals surface area contributed by atoms with Gasteiger partial charge in [0.15, 0.2) is 0 Å². The first-order chi connectivity index (χ1) is 15.3. The molecular weight excluding hydrogens is 404 g/mol. The van der Waals surface area contributed by atoms with E-state index in [9.17, 15) is 14.4 Å². The van der Waals surface area contributed by atoms with Crippen LogP contribution in [0.25, 0.3) is 0 Å². The Kier molecular flexibility index (Phi) is 6.17. The van der Waals surface area contributed by atoms with Crippen LogP contribution in [0.2, 0.25) is 0 Å². The second-order valence-electron chi connectivity index (χ2n) is 8.66. The molecule has 2 aliphatic heterocycles. The van der Waals surface area contributed by atoms with Gasteiger partial charge in [-0.05, 0) is 55.3 Å². The van der Waals surface area contributed by atoms with Crippen molar-refractivity contribution in [2.75, 3.05) is 47.8 Å². The summed E-state index contributed by atoms with van der Waals surface area (Å²) in [5.74, 6) is -0.427. The number of carbonyl (C=O) groups is 3. The molecule has 0 saturated carbocycles. The molecule has 1 N–H and O–H groups in total. The average molecular weight is 435 g/mol. The van der Waals surface area contributed by atoms with Crippen LogP contribution in [0.4, 0.5) is 17.1 Å². The molecule has 0 spiro atoms. The Bertz CT molecular complexity index is 1030. The number of carbonyl (C=O) groups excluding carboxylic acids is 3. The minimum atomic E-state index is -0.315. The minimum absolute atomic E-state index is 0.0374. The van der Waals surface area contributed by atoms with E-state index < -0.39 is 0 Å². The summed E-state index contributed by atoms with van der Waals surface area (Å²) in [7, 11) is 0. The number of nitrogens with zero attached hydrogens (tertiary/aromatic N) is 3. The lowest BCUT2D eigenvalue weighted by atomic mass is 10.1. The summed E-state index contributed by atoms with van der Waals surface area (Å²) in [4.78, 5) is 42.9. The molecule has 0 aromatic heterocycles. The van der Waals surface area contributed by atoms with E-state index in [0.717, 1.165) is 18.8 Å². The summed E-state index contributed by atoms with van der Waals surface area (Å²) in [6.07, 6.45) is 0.240. The number of amides is 3. The maximum absolute atomic E-state index is 13.1. The summed E-state index contributed by atoms with van der Waals surface area (Å²) in [5, 5.41) is 2.72. The van der Waals surface area contributed by atoms with Crippen molar-refractivity contribution < 1.29 is 14.4 Å². The van der Waals surface area contributed by atoms with Crippen LogP contribution < -0.4 is 15.1 Å². The van der Waals surface area contributed by atoms with Crippen LogP contribution in [0.15, 0.2) is 42.5 Å². The Labute approximate surface area is 189 Å². The quantitative estimate of drug-likeness (QED) is 0.803. The second kappa shape index (κ2) is 9.02. The lowest BCUT2D eigenvalue weighted by molar-refractivity contribution is -0.136. The minimum Gasteiger partial charge on any atom is -0.368 e. The summed E-state index contributed by atoms with van der Waals surface area (Å²) >= 11 is 0. The van der Waals surface area contributed by atoms with Gasteiger partial charge in [0, 0.05) is 63.1 Å². The van der Waals surface area contributed by atoms with E-state index in [1.807, 2.05) is 4.90 Å². The number of anilines is 3. The van der Waals surface area contributed by atoms with E-state index in [1.54, 1.807) is 29.2 Å². The Morgan fingerprint density at radius 3 is 2.31 bits per heavy atom. The van der Waals surface area contributed by atoms with Crippen molar-refractivity contribution in [3.63, 3.8) is 0 Å². The zero-order valence-corrected chi connectivity index (χ0v) is 18.9. The van der Waals surface area contributed by atoms with Gasteiger partial charge in [-0.15, -0.1) is 0 Å². The zero-order chi connectivity index (χ0) is 22.8. The van der Waals surface area contributed by atoms with Gasteiger partial charge in [-0.2, -0.15) is 0 Å². The monoisotopic (exact) mass is 434 g/mol. The topological polar surface area (TPSA) is 73.0 Å². The molecule has 2 aromatic carbocycles. The van der Waals surface area contributed by atoms with Gasteiger partial charge >= 0.3 is 0 Å². The van der Waals surface area contributed by atoms with Crippen molar-refractivity contribution in [2.45, 2.75) is 27.2 Å². The first-order valence-corrected chi connectivity index (χ1v) is 11.1. The van der Waals surface area contributed by atoms with E-state index in [-0.39, 0.29) is 30.1 Å². The van der Waals surface area contributed by atoms with E-state index in [2.05, 4.69) is 42.3 Å². The highest BCUT2D eigenvalue weighted by molar-refractivity contribution is 6.00.